The largest absolute Gasteiger partial charge is 0.398 e. The molecule has 2 aromatic carbocycles. The van der Waals surface area contributed by atoms with Crippen molar-refractivity contribution in [1.82, 2.24) is 21.3 Å². The van der Waals surface area contributed by atoms with E-state index < -0.39 is 0 Å². The highest BCUT2D eigenvalue weighted by molar-refractivity contribution is 8.76. The van der Waals surface area contributed by atoms with Gasteiger partial charge in [-0.05, 0) is 63.0 Å². The van der Waals surface area contributed by atoms with Crippen molar-refractivity contribution < 1.29 is 9.59 Å². The molecule has 0 aliphatic carbocycles. The quantitative estimate of drug-likeness (QED) is 0.0626. The number of nitrogens with one attached hydrogen (secondary N) is 4. The normalized spacial score (nSPS) is 10.9. The van der Waals surface area contributed by atoms with Crippen LogP contribution < -0.4 is 32.7 Å². The van der Waals surface area contributed by atoms with Gasteiger partial charge in [-0.2, -0.15) is 0 Å². The number of carbonyl (C=O) groups excluding carboxylic acids is 2. The van der Waals surface area contributed by atoms with E-state index in [-0.39, 0.29) is 11.8 Å². The van der Waals surface area contributed by atoms with Crippen LogP contribution in [0.1, 0.15) is 72.1 Å². The predicted octanol–water partition coefficient (Wildman–Crippen LogP) is 4.69. The number of para-hydroxylation sites is 2. The number of hydrogen-bond donors (Lipinski definition) is 6. The molecule has 0 saturated carbocycles. The average Bonchev–Trinajstić information content (AvgIpc) is 2.96. The van der Waals surface area contributed by atoms with Gasteiger partial charge in [-0.25, -0.2) is 0 Å². The Labute approximate surface area is 248 Å². The molecular weight excluding hydrogens is 541 g/mol. The molecule has 0 aromatic heterocycles. The maximum atomic E-state index is 12.1. The monoisotopic (exact) mass is 588 g/mol. The first-order valence-electron chi connectivity index (χ1n) is 14.5. The second-order valence-corrected chi connectivity index (χ2v) is 12.4. The van der Waals surface area contributed by atoms with Crippen LogP contribution >= 0.6 is 21.6 Å². The van der Waals surface area contributed by atoms with Crippen LogP contribution in [0, 0.1) is 0 Å². The lowest BCUT2D eigenvalue weighted by molar-refractivity contribution is 0.0945. The first-order chi connectivity index (χ1) is 19.6. The Morgan fingerprint density at radius 2 is 0.900 bits per heavy atom. The van der Waals surface area contributed by atoms with Crippen molar-refractivity contribution in [3.05, 3.63) is 59.7 Å². The fraction of sp³-hybridized carbons (Fsp3) is 0.533. The van der Waals surface area contributed by atoms with Crippen molar-refractivity contribution in [3.63, 3.8) is 0 Å². The Hall–Kier alpha value is -2.40. The highest BCUT2D eigenvalue weighted by atomic mass is 33.1. The number of hydrogen-bond acceptors (Lipinski definition) is 8. The van der Waals surface area contributed by atoms with Crippen LogP contribution in [0.25, 0.3) is 0 Å². The molecule has 0 unspecified atom stereocenters. The minimum absolute atomic E-state index is 0.0901. The van der Waals surface area contributed by atoms with Gasteiger partial charge in [0.2, 0.25) is 0 Å². The summed E-state index contributed by atoms with van der Waals surface area (Å²) < 4.78 is 0. The van der Waals surface area contributed by atoms with E-state index in [4.69, 9.17) is 11.5 Å². The van der Waals surface area contributed by atoms with Gasteiger partial charge in [0.15, 0.2) is 0 Å². The average molecular weight is 589 g/mol. The Kier molecular flexibility index (Phi) is 18.9. The molecule has 0 atom stereocenters. The molecule has 0 radical (unpaired) electrons. The maximum absolute atomic E-state index is 12.1. The summed E-state index contributed by atoms with van der Waals surface area (Å²) in [4.78, 5) is 24.2. The highest BCUT2D eigenvalue weighted by Crippen LogP contribution is 2.19. The number of amides is 2. The fourth-order valence-corrected chi connectivity index (χ4v) is 5.95. The number of anilines is 2. The van der Waals surface area contributed by atoms with Gasteiger partial charge in [0.1, 0.15) is 0 Å². The van der Waals surface area contributed by atoms with E-state index in [9.17, 15) is 9.59 Å². The lowest BCUT2D eigenvalue weighted by atomic mass is 10.1. The minimum Gasteiger partial charge on any atom is -0.398 e. The van der Waals surface area contributed by atoms with Gasteiger partial charge in [0.25, 0.3) is 11.8 Å². The van der Waals surface area contributed by atoms with Gasteiger partial charge in [-0.15, -0.1) is 0 Å². The molecule has 2 rings (SSSR count). The van der Waals surface area contributed by atoms with Gasteiger partial charge in [0, 0.05) is 49.1 Å². The first-order valence-corrected chi connectivity index (χ1v) is 17.0. The van der Waals surface area contributed by atoms with E-state index in [2.05, 4.69) is 21.3 Å². The first kappa shape index (κ1) is 33.8. The third kappa shape index (κ3) is 15.4. The molecule has 0 bridgehead atoms. The molecule has 0 aliphatic heterocycles. The molecular formula is C30H48N6O2S2. The van der Waals surface area contributed by atoms with Gasteiger partial charge < -0.3 is 32.7 Å². The van der Waals surface area contributed by atoms with Crippen LogP contribution in [-0.2, 0) is 0 Å². The van der Waals surface area contributed by atoms with Crippen LogP contribution in [0.5, 0.6) is 0 Å². The second-order valence-electron chi connectivity index (χ2n) is 9.66. The Morgan fingerprint density at radius 3 is 1.30 bits per heavy atom. The number of carbonyl (C=O) groups is 2. The van der Waals surface area contributed by atoms with Gasteiger partial charge in [-0.3, -0.25) is 9.59 Å². The molecule has 2 amide bonds. The zero-order chi connectivity index (χ0) is 28.7. The molecule has 40 heavy (non-hydrogen) atoms. The van der Waals surface area contributed by atoms with Gasteiger partial charge >= 0.3 is 0 Å². The molecule has 2 aromatic rings. The third-order valence-electron chi connectivity index (χ3n) is 6.35. The maximum Gasteiger partial charge on any atom is 0.253 e. The Morgan fingerprint density at radius 1 is 0.525 bits per heavy atom. The number of nitrogens with two attached hydrogens (primary N) is 2. The van der Waals surface area contributed by atoms with E-state index in [1.165, 1.54) is 25.7 Å². The molecule has 8 N–H and O–H groups in total. The predicted molar refractivity (Wildman–Crippen MR) is 174 cm³/mol. The third-order valence-corrected chi connectivity index (χ3v) is 8.76. The molecule has 8 nitrogen and oxygen atoms in total. The topological polar surface area (TPSA) is 134 Å². The zero-order valence-electron chi connectivity index (χ0n) is 23.7. The summed E-state index contributed by atoms with van der Waals surface area (Å²) in [6, 6.07) is 14.3. The molecule has 0 fully saturated rings. The fourth-order valence-electron chi connectivity index (χ4n) is 4.05. The van der Waals surface area contributed by atoms with E-state index in [0.717, 1.165) is 63.4 Å². The Balaban J connectivity index is 1.25. The van der Waals surface area contributed by atoms with Crippen LogP contribution in [0.15, 0.2) is 48.5 Å². The van der Waals surface area contributed by atoms with Crippen molar-refractivity contribution in [3.8, 4) is 0 Å². The lowest BCUT2D eigenvalue weighted by Gasteiger charge is -2.08. The molecule has 222 valence electrons. The number of benzene rings is 2. The van der Waals surface area contributed by atoms with Crippen molar-refractivity contribution in [2.75, 3.05) is 62.2 Å². The van der Waals surface area contributed by atoms with E-state index in [1.54, 1.807) is 24.3 Å². The minimum atomic E-state index is -0.0901. The van der Waals surface area contributed by atoms with Crippen molar-refractivity contribution >= 4 is 44.8 Å². The summed E-state index contributed by atoms with van der Waals surface area (Å²) in [6.45, 7) is 5.56. The molecule has 0 heterocycles. The number of nitrogen functional groups attached to an aromatic ring is 2. The molecule has 0 spiro atoms. The smallest absolute Gasteiger partial charge is 0.253 e. The molecule has 10 heteroatoms. The standard InChI is InChI=1S/C30H48N6O2S2/c31-27-15-7-5-13-25(27)29(37)35-19-11-3-1-9-17-33-21-23-39-40-24-22-34-18-10-2-4-12-20-36-30(38)26-14-6-8-16-28(26)32/h5-8,13-16,33-34H,1-4,9-12,17-24,31-32H2,(H,35,37)(H,36,38). The van der Waals surface area contributed by atoms with Crippen LogP contribution in [-0.4, -0.2) is 62.6 Å². The van der Waals surface area contributed by atoms with E-state index >= 15 is 0 Å². The molecule has 0 saturated heterocycles. The molecule has 0 aliphatic rings. The van der Waals surface area contributed by atoms with E-state index in [1.807, 2.05) is 45.9 Å². The zero-order valence-corrected chi connectivity index (χ0v) is 25.4. The van der Waals surface area contributed by atoms with Gasteiger partial charge in [-0.1, -0.05) is 71.5 Å². The van der Waals surface area contributed by atoms with E-state index in [0.29, 0.717) is 35.6 Å². The SMILES string of the molecule is Nc1ccccc1C(=O)NCCCCCCNCCSSCCNCCCCCCNC(=O)c1ccccc1N. The van der Waals surface area contributed by atoms with Crippen LogP contribution in [0.2, 0.25) is 0 Å². The van der Waals surface area contributed by atoms with Crippen molar-refractivity contribution in [1.29, 1.82) is 0 Å². The van der Waals surface area contributed by atoms with Crippen molar-refractivity contribution in [2.45, 2.75) is 51.4 Å². The summed E-state index contributed by atoms with van der Waals surface area (Å²) in [5.41, 5.74) is 13.8. The Bertz CT molecular complexity index is 901. The number of unbranched alkanes of at least 4 members (excludes halogenated alkanes) is 6. The van der Waals surface area contributed by atoms with Gasteiger partial charge in [0.05, 0.1) is 11.1 Å². The summed E-state index contributed by atoms with van der Waals surface area (Å²) in [6.07, 6.45) is 8.89. The lowest BCUT2D eigenvalue weighted by Crippen LogP contribution is -2.25. The summed E-state index contributed by atoms with van der Waals surface area (Å²) in [5, 5.41) is 12.9. The van der Waals surface area contributed by atoms with Crippen LogP contribution in [0.3, 0.4) is 0 Å². The summed E-state index contributed by atoms with van der Waals surface area (Å²) >= 11 is 0. The second kappa shape index (κ2) is 22.3. The highest BCUT2D eigenvalue weighted by Gasteiger charge is 2.08. The van der Waals surface area contributed by atoms with Crippen LogP contribution in [0.4, 0.5) is 11.4 Å². The number of rotatable bonds is 23. The van der Waals surface area contributed by atoms with Crippen molar-refractivity contribution in [2.24, 2.45) is 0 Å². The summed E-state index contributed by atoms with van der Waals surface area (Å²) in [5.74, 6) is 2.06. The summed E-state index contributed by atoms with van der Waals surface area (Å²) in [7, 11) is 3.86.